The minimum Gasteiger partial charge on any atom is -0.349 e. The van der Waals surface area contributed by atoms with Crippen molar-refractivity contribution >= 4 is 23.4 Å². The third kappa shape index (κ3) is 4.62. The smallest absolute Gasteiger partial charge is 0.251 e. The lowest BCUT2D eigenvalue weighted by atomic mass is 9.78. The molecule has 2 heterocycles. The summed E-state index contributed by atoms with van der Waals surface area (Å²) in [6, 6.07) is 27.1. The summed E-state index contributed by atoms with van der Waals surface area (Å²) in [4.78, 5) is 44.4. The zero-order valence-corrected chi connectivity index (χ0v) is 22.3. The maximum Gasteiger partial charge on any atom is 0.251 e. The number of hydrogen-bond acceptors (Lipinski definition) is 3. The molecule has 5 atom stereocenters. The monoisotopic (exact) mass is 521 g/mol. The molecule has 1 aliphatic carbocycles. The van der Waals surface area contributed by atoms with E-state index in [0.717, 1.165) is 48.9 Å². The van der Waals surface area contributed by atoms with Crippen molar-refractivity contribution < 1.29 is 14.4 Å². The highest BCUT2D eigenvalue weighted by Gasteiger charge is 2.51. The predicted molar refractivity (Wildman–Crippen MR) is 151 cm³/mol. The molecule has 1 N–H and O–H groups in total. The van der Waals surface area contributed by atoms with Crippen molar-refractivity contribution in [1.29, 1.82) is 0 Å². The molecule has 2 fully saturated rings. The molecule has 3 aliphatic rings. The van der Waals surface area contributed by atoms with E-state index in [0.29, 0.717) is 12.1 Å². The van der Waals surface area contributed by atoms with Crippen molar-refractivity contribution in [2.45, 2.75) is 57.2 Å². The molecular formula is C33H35N3O3. The van der Waals surface area contributed by atoms with Crippen LogP contribution in [0.3, 0.4) is 0 Å². The molecule has 1 saturated heterocycles. The fourth-order valence-electron chi connectivity index (χ4n) is 7.16. The van der Waals surface area contributed by atoms with Crippen molar-refractivity contribution in [1.82, 2.24) is 10.2 Å². The van der Waals surface area contributed by atoms with E-state index < -0.39 is 0 Å². The number of benzene rings is 3. The van der Waals surface area contributed by atoms with Gasteiger partial charge in [-0.3, -0.25) is 14.4 Å². The highest BCUT2D eigenvalue weighted by molar-refractivity contribution is 5.96. The van der Waals surface area contributed by atoms with Crippen molar-refractivity contribution in [2.24, 2.45) is 11.8 Å². The number of nitrogens with zero attached hydrogens (tertiary/aromatic N) is 2. The Balaban J connectivity index is 1.33. The summed E-state index contributed by atoms with van der Waals surface area (Å²) < 4.78 is 0. The van der Waals surface area contributed by atoms with Gasteiger partial charge in [0.2, 0.25) is 11.8 Å². The lowest BCUT2D eigenvalue weighted by Gasteiger charge is -2.46. The van der Waals surface area contributed by atoms with E-state index in [1.54, 1.807) is 6.92 Å². The van der Waals surface area contributed by atoms with Crippen molar-refractivity contribution in [3.63, 3.8) is 0 Å². The summed E-state index contributed by atoms with van der Waals surface area (Å²) in [6.45, 7) is 2.28. The van der Waals surface area contributed by atoms with E-state index in [9.17, 15) is 14.4 Å². The van der Waals surface area contributed by atoms with Crippen LogP contribution >= 0.6 is 0 Å². The van der Waals surface area contributed by atoms with Crippen LogP contribution in [0, 0.1) is 11.8 Å². The van der Waals surface area contributed by atoms with Crippen molar-refractivity contribution in [3.8, 4) is 0 Å². The van der Waals surface area contributed by atoms with E-state index >= 15 is 0 Å². The topological polar surface area (TPSA) is 69.7 Å². The van der Waals surface area contributed by atoms with Gasteiger partial charge in [-0.15, -0.1) is 0 Å². The molecule has 3 aromatic rings. The molecule has 6 nitrogen and oxygen atoms in total. The van der Waals surface area contributed by atoms with Crippen LogP contribution in [0.15, 0.2) is 84.9 Å². The summed E-state index contributed by atoms with van der Waals surface area (Å²) >= 11 is 0. The molecule has 6 rings (SSSR count). The molecule has 3 unspecified atom stereocenters. The zero-order chi connectivity index (χ0) is 26.9. The Labute approximate surface area is 230 Å². The summed E-state index contributed by atoms with van der Waals surface area (Å²) in [6.07, 6.45) is 4.38. The third-order valence-electron chi connectivity index (χ3n) is 8.84. The van der Waals surface area contributed by atoms with Crippen LogP contribution in [0.25, 0.3) is 0 Å². The van der Waals surface area contributed by atoms with Gasteiger partial charge in [-0.05, 0) is 48.6 Å². The van der Waals surface area contributed by atoms with Gasteiger partial charge in [0.25, 0.3) is 5.91 Å². The number of likely N-dealkylation sites (tertiary alicyclic amines) is 1. The van der Waals surface area contributed by atoms with Gasteiger partial charge in [-0.2, -0.15) is 0 Å². The van der Waals surface area contributed by atoms with Gasteiger partial charge in [0.05, 0.1) is 18.0 Å². The van der Waals surface area contributed by atoms with E-state index in [1.165, 1.54) is 0 Å². The Kier molecular flexibility index (Phi) is 6.94. The maximum absolute atomic E-state index is 14.3. The Hall–Kier alpha value is -3.93. The fraction of sp³-hybridized carbons (Fsp3) is 0.364. The Bertz CT molecular complexity index is 1360. The number of nitrogens with one attached hydrogen (secondary N) is 1. The van der Waals surface area contributed by atoms with E-state index in [-0.39, 0.29) is 47.7 Å². The van der Waals surface area contributed by atoms with Crippen LogP contribution < -0.4 is 10.2 Å². The first-order valence-electron chi connectivity index (χ1n) is 14.1. The molecule has 0 bridgehead atoms. The summed E-state index contributed by atoms with van der Waals surface area (Å²) in [5.74, 6) is -0.146. The first kappa shape index (κ1) is 25.4. The van der Waals surface area contributed by atoms with Crippen LogP contribution in [0.4, 0.5) is 5.69 Å². The molecule has 1 saturated carbocycles. The van der Waals surface area contributed by atoms with E-state index in [1.807, 2.05) is 71.6 Å². The average Bonchev–Trinajstić information content (AvgIpc) is 3.42. The van der Waals surface area contributed by atoms with Crippen molar-refractivity contribution in [3.05, 3.63) is 102 Å². The third-order valence-corrected chi connectivity index (χ3v) is 8.84. The van der Waals surface area contributed by atoms with E-state index in [2.05, 4.69) is 28.4 Å². The van der Waals surface area contributed by atoms with Gasteiger partial charge in [0, 0.05) is 36.7 Å². The van der Waals surface area contributed by atoms with Gasteiger partial charge in [-0.1, -0.05) is 79.6 Å². The van der Waals surface area contributed by atoms with Gasteiger partial charge < -0.3 is 15.1 Å². The van der Waals surface area contributed by atoms with Gasteiger partial charge in [0.1, 0.15) is 0 Å². The highest BCUT2D eigenvalue weighted by Crippen LogP contribution is 2.54. The van der Waals surface area contributed by atoms with Crippen LogP contribution in [-0.4, -0.2) is 35.2 Å². The molecule has 0 aromatic heterocycles. The average molecular weight is 522 g/mol. The van der Waals surface area contributed by atoms with Crippen LogP contribution in [0.1, 0.15) is 72.6 Å². The number of rotatable bonds is 4. The number of para-hydroxylation sites is 1. The van der Waals surface area contributed by atoms with Crippen molar-refractivity contribution in [2.75, 3.05) is 11.4 Å². The molecule has 39 heavy (non-hydrogen) atoms. The second kappa shape index (κ2) is 10.7. The SMILES string of the molecule is CC(=O)N1c2ccccc2C2C(CCN2C(=O)[C@H]2CCCC[C@H]2NC(=O)c2ccccc2)C1c1ccccc1. The Morgan fingerprint density at radius 2 is 1.44 bits per heavy atom. The molecule has 0 radical (unpaired) electrons. The summed E-state index contributed by atoms with van der Waals surface area (Å²) in [5.41, 5.74) is 3.64. The quantitative estimate of drug-likeness (QED) is 0.481. The number of hydrogen-bond donors (Lipinski definition) is 1. The normalized spacial score (nSPS) is 25.9. The minimum atomic E-state index is -0.252. The predicted octanol–water partition coefficient (Wildman–Crippen LogP) is 5.67. The minimum absolute atomic E-state index is 0.00972. The van der Waals surface area contributed by atoms with Gasteiger partial charge >= 0.3 is 0 Å². The number of fused-ring (bicyclic) bond motifs is 3. The molecular weight excluding hydrogens is 486 g/mol. The van der Waals surface area contributed by atoms with Crippen LogP contribution in [0.2, 0.25) is 0 Å². The molecule has 3 amide bonds. The molecule has 3 aromatic carbocycles. The number of carbonyl (C=O) groups excluding carboxylic acids is 3. The van der Waals surface area contributed by atoms with Crippen LogP contribution in [0.5, 0.6) is 0 Å². The van der Waals surface area contributed by atoms with E-state index in [4.69, 9.17) is 0 Å². The molecule has 200 valence electrons. The second-order valence-electron chi connectivity index (χ2n) is 11.1. The summed E-state index contributed by atoms with van der Waals surface area (Å²) in [5, 5.41) is 3.20. The standard InChI is InChI=1S/C33H35N3O3/c1-22(37)36-29-19-11-9-17-26(29)31-27(30(36)23-12-4-2-5-13-23)20-21-35(31)33(39)25-16-8-10-18-28(25)34-32(38)24-14-6-3-7-15-24/h2-7,9,11-15,17,19,25,27-28,30-31H,8,10,16,18,20-21H2,1H3,(H,34,38)/t25-,27?,28+,30?,31?/m0/s1. The summed E-state index contributed by atoms with van der Waals surface area (Å²) in [7, 11) is 0. The maximum atomic E-state index is 14.3. The number of carbonyl (C=O) groups is 3. The molecule has 6 heteroatoms. The van der Waals surface area contributed by atoms with Gasteiger partial charge in [0.15, 0.2) is 0 Å². The first-order valence-corrected chi connectivity index (χ1v) is 14.1. The highest BCUT2D eigenvalue weighted by atomic mass is 16.2. The molecule has 2 aliphatic heterocycles. The second-order valence-corrected chi connectivity index (χ2v) is 11.1. The Morgan fingerprint density at radius 1 is 0.769 bits per heavy atom. The Morgan fingerprint density at radius 3 is 2.18 bits per heavy atom. The van der Waals surface area contributed by atoms with Crippen LogP contribution in [-0.2, 0) is 9.59 Å². The molecule has 0 spiro atoms. The van der Waals surface area contributed by atoms with Gasteiger partial charge in [-0.25, -0.2) is 0 Å². The number of amides is 3. The lowest BCUT2D eigenvalue weighted by Crippen LogP contribution is -2.51. The first-order chi connectivity index (χ1) is 19.0. The fourth-order valence-corrected chi connectivity index (χ4v) is 7.16. The lowest BCUT2D eigenvalue weighted by molar-refractivity contribution is -0.139. The number of anilines is 1. The largest absolute Gasteiger partial charge is 0.349 e. The zero-order valence-electron chi connectivity index (χ0n) is 22.3.